The summed E-state index contributed by atoms with van der Waals surface area (Å²) in [6, 6.07) is -0.715. The number of nitrogens with zero attached hydrogens (tertiary/aromatic N) is 2. The minimum absolute atomic E-state index is 0.191. The van der Waals surface area contributed by atoms with Gasteiger partial charge in [0.1, 0.15) is 6.04 Å². The van der Waals surface area contributed by atoms with Crippen LogP contribution in [0.3, 0.4) is 0 Å². The Morgan fingerprint density at radius 3 is 2.11 bits per heavy atom. The minimum Gasteiger partial charge on any atom is -0.465 e. The van der Waals surface area contributed by atoms with Gasteiger partial charge in [0.25, 0.3) is 0 Å². The summed E-state index contributed by atoms with van der Waals surface area (Å²) >= 11 is 0. The van der Waals surface area contributed by atoms with E-state index in [1.165, 1.54) is 4.90 Å². The lowest BCUT2D eigenvalue weighted by Crippen LogP contribution is -2.57. The highest BCUT2D eigenvalue weighted by molar-refractivity contribution is 5.85. The van der Waals surface area contributed by atoms with E-state index >= 15 is 0 Å². The average molecular weight is 272 g/mol. The van der Waals surface area contributed by atoms with E-state index in [1.807, 2.05) is 0 Å². The summed E-state index contributed by atoms with van der Waals surface area (Å²) < 4.78 is 0. The van der Waals surface area contributed by atoms with Crippen LogP contribution in [0.5, 0.6) is 0 Å². The van der Waals surface area contributed by atoms with Gasteiger partial charge in [0.15, 0.2) is 0 Å². The first-order valence-electron chi connectivity index (χ1n) is 6.63. The fourth-order valence-corrected chi connectivity index (χ4v) is 2.49. The van der Waals surface area contributed by atoms with Crippen molar-refractivity contribution in [1.29, 1.82) is 0 Å². The second-order valence-electron chi connectivity index (χ2n) is 6.06. The summed E-state index contributed by atoms with van der Waals surface area (Å²) in [6.07, 6.45) is -0.329. The Morgan fingerprint density at radius 1 is 1.26 bits per heavy atom. The standard InChI is InChI=1S/C13H24N2O4/c1-9(15(12(18)19)13(2,3)4)11(17)14-7-5-10(16)6-8-14/h9-10,16H,5-8H2,1-4H3,(H,18,19)/t9-/m0/s1. The van der Waals surface area contributed by atoms with Crippen LogP contribution in [-0.2, 0) is 4.79 Å². The van der Waals surface area contributed by atoms with Gasteiger partial charge < -0.3 is 15.1 Å². The molecule has 110 valence electrons. The summed E-state index contributed by atoms with van der Waals surface area (Å²) in [4.78, 5) is 26.5. The van der Waals surface area contributed by atoms with E-state index in [-0.39, 0.29) is 12.0 Å². The summed E-state index contributed by atoms with van der Waals surface area (Å²) in [6.45, 7) is 7.90. The number of piperidine rings is 1. The highest BCUT2D eigenvalue weighted by atomic mass is 16.4. The molecule has 1 aliphatic rings. The predicted molar refractivity (Wildman–Crippen MR) is 70.9 cm³/mol. The SMILES string of the molecule is C[C@@H](C(=O)N1CCC(O)CC1)N(C(=O)O)C(C)(C)C. The maximum absolute atomic E-state index is 12.3. The Morgan fingerprint density at radius 2 is 1.74 bits per heavy atom. The molecule has 0 aromatic carbocycles. The van der Waals surface area contributed by atoms with Crippen LogP contribution in [-0.4, -0.2) is 62.8 Å². The molecule has 0 unspecified atom stereocenters. The lowest BCUT2D eigenvalue weighted by atomic mass is 10.0. The smallest absolute Gasteiger partial charge is 0.408 e. The molecule has 1 rings (SSSR count). The molecule has 2 N–H and O–H groups in total. The highest BCUT2D eigenvalue weighted by Gasteiger charge is 2.37. The van der Waals surface area contributed by atoms with Gasteiger partial charge >= 0.3 is 6.09 Å². The number of hydrogen-bond donors (Lipinski definition) is 2. The Labute approximate surface area is 114 Å². The van der Waals surface area contributed by atoms with E-state index in [4.69, 9.17) is 0 Å². The topological polar surface area (TPSA) is 81.1 Å². The third-order valence-corrected chi connectivity index (χ3v) is 3.45. The summed E-state index contributed by atoms with van der Waals surface area (Å²) in [7, 11) is 0. The molecule has 0 radical (unpaired) electrons. The zero-order valence-corrected chi connectivity index (χ0v) is 12.1. The number of aliphatic hydroxyl groups excluding tert-OH is 1. The van der Waals surface area contributed by atoms with Gasteiger partial charge in [-0.1, -0.05) is 0 Å². The Hall–Kier alpha value is -1.30. The summed E-state index contributed by atoms with van der Waals surface area (Å²) in [5.74, 6) is -0.191. The van der Waals surface area contributed by atoms with Crippen molar-refractivity contribution in [2.45, 2.75) is 58.2 Å². The molecule has 6 nitrogen and oxygen atoms in total. The summed E-state index contributed by atoms with van der Waals surface area (Å²) in [5, 5.41) is 18.7. The van der Waals surface area contributed by atoms with Gasteiger partial charge in [0.05, 0.1) is 6.10 Å². The van der Waals surface area contributed by atoms with Crippen LogP contribution >= 0.6 is 0 Å². The quantitative estimate of drug-likeness (QED) is 0.789. The van der Waals surface area contributed by atoms with E-state index in [2.05, 4.69) is 0 Å². The third-order valence-electron chi connectivity index (χ3n) is 3.45. The molecule has 1 fully saturated rings. The van der Waals surface area contributed by atoms with Crippen molar-refractivity contribution >= 4 is 12.0 Å². The normalized spacial score (nSPS) is 19.1. The molecule has 0 bridgehead atoms. The van der Waals surface area contributed by atoms with Crippen molar-refractivity contribution in [2.75, 3.05) is 13.1 Å². The third kappa shape index (κ3) is 3.83. The number of aliphatic hydroxyl groups is 1. The van der Waals surface area contributed by atoms with Crippen LogP contribution in [0, 0.1) is 0 Å². The van der Waals surface area contributed by atoms with Crippen LogP contribution in [0.2, 0.25) is 0 Å². The fourth-order valence-electron chi connectivity index (χ4n) is 2.49. The van der Waals surface area contributed by atoms with Crippen molar-refractivity contribution in [3.63, 3.8) is 0 Å². The van der Waals surface area contributed by atoms with Crippen LogP contribution in [0.4, 0.5) is 4.79 Å². The zero-order chi connectivity index (χ0) is 14.8. The molecule has 0 spiro atoms. The number of carbonyl (C=O) groups excluding carboxylic acids is 1. The summed E-state index contributed by atoms with van der Waals surface area (Å²) in [5.41, 5.74) is -0.629. The maximum atomic E-state index is 12.3. The molecule has 0 aromatic rings. The van der Waals surface area contributed by atoms with Gasteiger partial charge in [0.2, 0.25) is 5.91 Å². The maximum Gasteiger partial charge on any atom is 0.408 e. The molecule has 6 heteroatoms. The predicted octanol–water partition coefficient (Wildman–Crippen LogP) is 1.14. The minimum atomic E-state index is -1.09. The highest BCUT2D eigenvalue weighted by Crippen LogP contribution is 2.20. The Kier molecular flexibility index (Phi) is 4.79. The zero-order valence-electron chi connectivity index (χ0n) is 12.1. The monoisotopic (exact) mass is 272 g/mol. The molecule has 0 saturated carbocycles. The molecule has 0 aliphatic carbocycles. The first kappa shape index (κ1) is 15.8. The molecule has 2 amide bonds. The largest absolute Gasteiger partial charge is 0.465 e. The first-order chi connectivity index (χ1) is 8.64. The van der Waals surface area contributed by atoms with Crippen molar-refractivity contribution in [3.8, 4) is 0 Å². The van der Waals surface area contributed by atoms with E-state index < -0.39 is 17.7 Å². The second kappa shape index (κ2) is 5.77. The molecule has 1 aliphatic heterocycles. The fraction of sp³-hybridized carbons (Fsp3) is 0.846. The molecular weight excluding hydrogens is 248 g/mol. The van der Waals surface area contributed by atoms with Gasteiger partial charge in [-0.15, -0.1) is 0 Å². The second-order valence-corrected chi connectivity index (χ2v) is 6.06. The average Bonchev–Trinajstić information content (AvgIpc) is 2.26. The van der Waals surface area contributed by atoms with E-state index in [0.29, 0.717) is 25.9 Å². The number of carboxylic acid groups (broad SMARTS) is 1. The van der Waals surface area contributed by atoms with Crippen molar-refractivity contribution in [2.24, 2.45) is 0 Å². The van der Waals surface area contributed by atoms with Gasteiger partial charge in [-0.2, -0.15) is 0 Å². The number of rotatable bonds is 2. The lowest BCUT2D eigenvalue weighted by molar-refractivity contribution is -0.139. The van der Waals surface area contributed by atoms with E-state index in [0.717, 1.165) is 0 Å². The lowest BCUT2D eigenvalue weighted by Gasteiger charge is -2.40. The molecule has 1 heterocycles. The van der Waals surface area contributed by atoms with Crippen LogP contribution in [0.25, 0.3) is 0 Å². The van der Waals surface area contributed by atoms with Crippen molar-refractivity contribution in [1.82, 2.24) is 9.80 Å². The number of carbonyl (C=O) groups is 2. The number of hydrogen-bond acceptors (Lipinski definition) is 3. The molecule has 0 aromatic heterocycles. The van der Waals surface area contributed by atoms with Crippen molar-refractivity contribution in [3.05, 3.63) is 0 Å². The number of amides is 2. The Bertz CT molecular complexity index is 343. The van der Waals surface area contributed by atoms with Crippen molar-refractivity contribution < 1.29 is 19.8 Å². The van der Waals surface area contributed by atoms with Gasteiger partial charge in [-0.25, -0.2) is 4.79 Å². The van der Waals surface area contributed by atoms with Crippen LogP contribution in [0.1, 0.15) is 40.5 Å². The molecule has 1 saturated heterocycles. The molecule has 19 heavy (non-hydrogen) atoms. The van der Waals surface area contributed by atoms with Crippen LogP contribution < -0.4 is 0 Å². The Balaban J connectivity index is 2.77. The number of likely N-dealkylation sites (tertiary alicyclic amines) is 1. The van der Waals surface area contributed by atoms with Gasteiger partial charge in [0, 0.05) is 18.6 Å². The van der Waals surface area contributed by atoms with E-state index in [9.17, 15) is 19.8 Å². The van der Waals surface area contributed by atoms with Gasteiger partial charge in [-0.05, 0) is 40.5 Å². The van der Waals surface area contributed by atoms with Crippen LogP contribution in [0.15, 0.2) is 0 Å². The first-order valence-corrected chi connectivity index (χ1v) is 6.63. The molecule has 1 atom stereocenters. The van der Waals surface area contributed by atoms with E-state index in [1.54, 1.807) is 32.6 Å². The molecular formula is C13H24N2O4. The van der Waals surface area contributed by atoms with Gasteiger partial charge in [-0.3, -0.25) is 9.69 Å².